The zero-order valence-electron chi connectivity index (χ0n) is 23.6. The summed E-state index contributed by atoms with van der Waals surface area (Å²) in [5, 5.41) is 27.3. The smallest absolute Gasteiger partial charge is 0.175 e. The SMILES string of the molecule is OC(=S)C(c1cccc2ccccc12)C(C(O)=S)(c1nc2cccc(Cc3ccccc3)c2s1)c1cccc2ccccc12. The maximum absolute atomic E-state index is 11.9. The van der Waals surface area contributed by atoms with Crippen LogP contribution in [0.1, 0.15) is 33.2 Å². The molecule has 7 rings (SSSR count). The van der Waals surface area contributed by atoms with E-state index < -0.39 is 11.3 Å². The second-order valence-corrected chi connectivity index (χ2v) is 12.7. The van der Waals surface area contributed by atoms with Gasteiger partial charge >= 0.3 is 0 Å². The Morgan fingerprint density at radius 2 is 1.30 bits per heavy atom. The van der Waals surface area contributed by atoms with Gasteiger partial charge in [-0.05, 0) is 80.7 Å². The van der Waals surface area contributed by atoms with Crippen molar-refractivity contribution in [3.05, 3.63) is 161 Å². The maximum atomic E-state index is 11.9. The average Bonchev–Trinajstić information content (AvgIpc) is 3.49. The Balaban J connectivity index is 1.58. The topological polar surface area (TPSA) is 53.4 Å². The van der Waals surface area contributed by atoms with Gasteiger partial charge in [0.05, 0.1) is 16.1 Å². The first kappa shape index (κ1) is 28.3. The lowest BCUT2D eigenvalue weighted by Gasteiger charge is -2.38. The van der Waals surface area contributed by atoms with Gasteiger partial charge in [-0.2, -0.15) is 0 Å². The highest BCUT2D eigenvalue weighted by molar-refractivity contribution is 7.80. The predicted molar refractivity (Wildman–Crippen MR) is 191 cm³/mol. The van der Waals surface area contributed by atoms with Gasteiger partial charge in [-0.25, -0.2) is 4.98 Å². The van der Waals surface area contributed by atoms with Crippen LogP contribution in [0.2, 0.25) is 0 Å². The largest absolute Gasteiger partial charge is 0.501 e. The highest BCUT2D eigenvalue weighted by Gasteiger charge is 2.53. The van der Waals surface area contributed by atoms with Crippen LogP contribution in [0.3, 0.4) is 0 Å². The van der Waals surface area contributed by atoms with E-state index in [1.54, 1.807) is 0 Å². The second-order valence-electron chi connectivity index (χ2n) is 10.9. The van der Waals surface area contributed by atoms with E-state index in [1.807, 2.05) is 115 Å². The minimum atomic E-state index is -1.47. The lowest BCUT2D eigenvalue weighted by atomic mass is 9.66. The van der Waals surface area contributed by atoms with Crippen molar-refractivity contribution in [2.75, 3.05) is 0 Å². The molecule has 2 unspecified atom stereocenters. The molecule has 0 saturated carbocycles. The maximum Gasteiger partial charge on any atom is 0.175 e. The number of thiazole rings is 1. The van der Waals surface area contributed by atoms with Crippen molar-refractivity contribution in [2.24, 2.45) is 0 Å². The van der Waals surface area contributed by atoms with E-state index in [1.165, 1.54) is 16.9 Å². The summed E-state index contributed by atoms with van der Waals surface area (Å²) in [7, 11) is 0. The van der Waals surface area contributed by atoms with Gasteiger partial charge in [-0.3, -0.25) is 0 Å². The molecule has 44 heavy (non-hydrogen) atoms. The average molecular weight is 626 g/mol. The zero-order valence-corrected chi connectivity index (χ0v) is 26.0. The molecule has 6 aromatic carbocycles. The Morgan fingerprint density at radius 1 is 0.682 bits per heavy atom. The van der Waals surface area contributed by atoms with Crippen LogP contribution in [0.4, 0.5) is 0 Å². The Bertz CT molecular complexity index is 2180. The number of fused-ring (bicyclic) bond motifs is 3. The molecule has 0 radical (unpaired) electrons. The van der Waals surface area contributed by atoms with Crippen molar-refractivity contribution < 1.29 is 10.2 Å². The Hall–Kier alpha value is -4.49. The van der Waals surface area contributed by atoms with Gasteiger partial charge in [0.1, 0.15) is 10.4 Å². The number of aliphatic hydroxyl groups is 2. The lowest BCUT2D eigenvalue weighted by molar-refractivity contribution is 0.444. The summed E-state index contributed by atoms with van der Waals surface area (Å²) >= 11 is 13.1. The van der Waals surface area contributed by atoms with E-state index in [-0.39, 0.29) is 10.1 Å². The normalized spacial score (nSPS) is 13.5. The Labute approximate surface area is 270 Å². The van der Waals surface area contributed by atoms with Crippen molar-refractivity contribution in [2.45, 2.75) is 17.8 Å². The molecule has 0 amide bonds. The van der Waals surface area contributed by atoms with Crippen LogP contribution in [0.5, 0.6) is 0 Å². The third-order valence-electron chi connectivity index (χ3n) is 8.44. The summed E-state index contributed by atoms with van der Waals surface area (Å²) in [5.41, 5.74) is 3.16. The van der Waals surface area contributed by atoms with Gasteiger partial charge in [0.2, 0.25) is 0 Å². The Morgan fingerprint density at radius 3 is 2.02 bits per heavy atom. The van der Waals surface area contributed by atoms with Crippen molar-refractivity contribution in [3.63, 3.8) is 0 Å². The molecule has 0 bridgehead atoms. The molecule has 0 aliphatic rings. The first-order chi connectivity index (χ1) is 21.5. The quantitative estimate of drug-likeness (QED) is 0.165. The molecule has 214 valence electrons. The van der Waals surface area contributed by atoms with Gasteiger partial charge in [-0.15, -0.1) is 11.3 Å². The second kappa shape index (κ2) is 11.5. The number of benzene rings is 6. The molecule has 0 spiro atoms. The molecule has 3 nitrogen and oxygen atoms in total. The van der Waals surface area contributed by atoms with Crippen molar-refractivity contribution in [3.8, 4) is 0 Å². The highest BCUT2D eigenvalue weighted by atomic mass is 32.1. The first-order valence-electron chi connectivity index (χ1n) is 14.3. The van der Waals surface area contributed by atoms with Crippen molar-refractivity contribution in [1.82, 2.24) is 4.98 Å². The summed E-state index contributed by atoms with van der Waals surface area (Å²) < 4.78 is 1.01. The fourth-order valence-corrected chi connectivity index (χ4v) is 8.48. The zero-order chi connectivity index (χ0) is 30.3. The molecule has 1 aromatic heterocycles. The summed E-state index contributed by atoms with van der Waals surface area (Å²) in [6.07, 6.45) is 0.732. The number of aromatic nitrogens is 1. The monoisotopic (exact) mass is 625 g/mol. The van der Waals surface area contributed by atoms with E-state index in [0.29, 0.717) is 5.01 Å². The van der Waals surface area contributed by atoms with E-state index in [0.717, 1.165) is 54.9 Å². The molecule has 2 atom stereocenters. The molecule has 1 heterocycles. The van der Waals surface area contributed by atoms with Gasteiger partial charge in [-0.1, -0.05) is 127 Å². The highest BCUT2D eigenvalue weighted by Crippen LogP contribution is 2.51. The molecule has 6 heteroatoms. The number of hydrogen-bond donors (Lipinski definition) is 2. The van der Waals surface area contributed by atoms with Crippen LogP contribution in [0.25, 0.3) is 31.8 Å². The Kier molecular flexibility index (Phi) is 7.42. The van der Waals surface area contributed by atoms with E-state index in [2.05, 4.69) is 18.2 Å². The number of nitrogens with zero attached hydrogens (tertiary/aromatic N) is 1. The number of thiocarbonyl (C=S) groups is 2. The molecule has 0 aliphatic heterocycles. The molecule has 0 aliphatic carbocycles. The number of rotatable bonds is 8. The molecule has 0 fully saturated rings. The first-order valence-corrected chi connectivity index (χ1v) is 16.0. The standard InChI is InChI=1S/C38H27NO2S3/c40-35(42)33(30-20-8-15-25-13-4-6-18-28(25)30)38(37(41)43,31-21-9-16-26-14-5-7-19-29(26)31)36-39-32-22-10-17-27(34(32)44-36)23-24-11-2-1-3-12-24/h1-22,33H,23H2,(H,40,42)(H,41,43). The lowest BCUT2D eigenvalue weighted by Crippen LogP contribution is -2.45. The van der Waals surface area contributed by atoms with Gasteiger partial charge in [0, 0.05) is 0 Å². The van der Waals surface area contributed by atoms with E-state index >= 15 is 0 Å². The van der Waals surface area contributed by atoms with Crippen LogP contribution in [-0.4, -0.2) is 25.3 Å². The summed E-state index contributed by atoms with van der Waals surface area (Å²) in [6.45, 7) is 0. The van der Waals surface area contributed by atoms with Crippen LogP contribution >= 0.6 is 35.8 Å². The predicted octanol–water partition coefficient (Wildman–Crippen LogP) is 10.0. The summed E-state index contributed by atoms with van der Waals surface area (Å²) in [5.74, 6) is -0.912. The third-order valence-corrected chi connectivity index (χ3v) is 10.3. The van der Waals surface area contributed by atoms with Gasteiger partial charge in [0.15, 0.2) is 10.1 Å². The van der Waals surface area contributed by atoms with Crippen molar-refractivity contribution in [1.29, 1.82) is 0 Å². The van der Waals surface area contributed by atoms with E-state index in [9.17, 15) is 10.2 Å². The van der Waals surface area contributed by atoms with Crippen LogP contribution in [-0.2, 0) is 11.8 Å². The summed E-state index contributed by atoms with van der Waals surface area (Å²) in [6, 6.07) is 44.3. The molecule has 7 aromatic rings. The minimum absolute atomic E-state index is 0.269. The van der Waals surface area contributed by atoms with Gasteiger partial charge < -0.3 is 10.2 Å². The summed E-state index contributed by atoms with van der Waals surface area (Å²) in [4.78, 5) is 5.20. The molecular formula is C38H27NO2S3. The van der Waals surface area contributed by atoms with Gasteiger partial charge in [0.25, 0.3) is 0 Å². The molecular weight excluding hydrogens is 599 g/mol. The molecule has 0 saturated heterocycles. The molecule has 2 N–H and O–H groups in total. The van der Waals surface area contributed by atoms with Crippen LogP contribution in [0, 0.1) is 0 Å². The van der Waals surface area contributed by atoms with E-state index in [4.69, 9.17) is 29.4 Å². The number of aliphatic hydroxyl groups excluding tert-OH is 2. The number of hydrogen-bond acceptors (Lipinski definition) is 4. The fraction of sp³-hybridized carbons (Fsp3) is 0.0789. The van der Waals surface area contributed by atoms with Crippen molar-refractivity contribution >= 4 is 77.6 Å². The third kappa shape index (κ3) is 4.67. The van der Waals surface area contributed by atoms with Crippen LogP contribution < -0.4 is 0 Å². The van der Waals surface area contributed by atoms with Crippen LogP contribution in [0.15, 0.2) is 133 Å². The fourth-order valence-electron chi connectivity index (χ4n) is 6.48. The minimum Gasteiger partial charge on any atom is -0.501 e.